The van der Waals surface area contributed by atoms with E-state index in [1.54, 1.807) is 0 Å². The highest BCUT2D eigenvalue weighted by Crippen LogP contribution is 2.17. The van der Waals surface area contributed by atoms with Gasteiger partial charge in [0.1, 0.15) is 0 Å². The number of benzene rings is 1. The highest BCUT2D eigenvalue weighted by atomic mass is 79.9. The SMILES string of the molecule is CC(CO)CSCc1ccc(Br)cc1. The first-order valence-corrected chi connectivity index (χ1v) is 6.60. The average molecular weight is 275 g/mol. The van der Waals surface area contributed by atoms with Crippen molar-refractivity contribution in [2.45, 2.75) is 12.7 Å². The molecule has 0 aliphatic rings. The summed E-state index contributed by atoms with van der Waals surface area (Å²) in [5.41, 5.74) is 1.34. The average Bonchev–Trinajstić information content (AvgIpc) is 2.21. The van der Waals surface area contributed by atoms with Crippen LogP contribution in [0.25, 0.3) is 0 Å². The van der Waals surface area contributed by atoms with Gasteiger partial charge in [0, 0.05) is 16.8 Å². The number of aliphatic hydroxyl groups excluding tert-OH is 1. The van der Waals surface area contributed by atoms with Crippen LogP contribution in [-0.2, 0) is 5.75 Å². The number of hydrogen-bond acceptors (Lipinski definition) is 2. The van der Waals surface area contributed by atoms with Crippen molar-refractivity contribution in [1.82, 2.24) is 0 Å². The van der Waals surface area contributed by atoms with Gasteiger partial charge in [0.25, 0.3) is 0 Å². The Morgan fingerprint density at radius 3 is 2.57 bits per heavy atom. The molecule has 0 bridgehead atoms. The second-order valence-electron chi connectivity index (χ2n) is 3.43. The Labute approximate surface area is 98.0 Å². The van der Waals surface area contributed by atoms with Crippen LogP contribution < -0.4 is 0 Å². The molecule has 0 aliphatic heterocycles. The van der Waals surface area contributed by atoms with Gasteiger partial charge in [-0.3, -0.25) is 0 Å². The summed E-state index contributed by atoms with van der Waals surface area (Å²) < 4.78 is 1.12. The van der Waals surface area contributed by atoms with E-state index in [2.05, 4.69) is 47.1 Å². The molecule has 1 aromatic rings. The third-order valence-electron chi connectivity index (χ3n) is 1.90. The van der Waals surface area contributed by atoms with Gasteiger partial charge in [-0.15, -0.1) is 0 Å². The molecule has 0 fully saturated rings. The number of aliphatic hydroxyl groups is 1. The zero-order valence-corrected chi connectivity index (χ0v) is 10.6. The van der Waals surface area contributed by atoms with E-state index in [9.17, 15) is 0 Å². The molecule has 3 heteroatoms. The Bertz CT molecular complexity index is 260. The van der Waals surface area contributed by atoms with E-state index in [0.29, 0.717) is 5.92 Å². The number of hydrogen-bond donors (Lipinski definition) is 1. The van der Waals surface area contributed by atoms with Crippen LogP contribution in [0, 0.1) is 5.92 Å². The summed E-state index contributed by atoms with van der Waals surface area (Å²) in [6, 6.07) is 8.37. The highest BCUT2D eigenvalue weighted by molar-refractivity contribution is 9.10. The van der Waals surface area contributed by atoms with Crippen LogP contribution in [0.2, 0.25) is 0 Å². The third-order valence-corrected chi connectivity index (χ3v) is 3.77. The second kappa shape index (κ2) is 6.49. The molecular weight excluding hydrogens is 260 g/mol. The first-order valence-electron chi connectivity index (χ1n) is 4.65. The van der Waals surface area contributed by atoms with Crippen LogP contribution in [0.3, 0.4) is 0 Å². The topological polar surface area (TPSA) is 20.2 Å². The van der Waals surface area contributed by atoms with Crippen molar-refractivity contribution in [3.05, 3.63) is 34.3 Å². The Hall–Kier alpha value is 0.01000. The van der Waals surface area contributed by atoms with Gasteiger partial charge in [0.05, 0.1) is 0 Å². The van der Waals surface area contributed by atoms with Crippen molar-refractivity contribution >= 4 is 27.7 Å². The van der Waals surface area contributed by atoms with Crippen LogP contribution in [0.5, 0.6) is 0 Å². The van der Waals surface area contributed by atoms with Crippen molar-refractivity contribution in [2.24, 2.45) is 5.92 Å². The molecule has 0 aliphatic carbocycles. The molecular formula is C11H15BrOS. The third kappa shape index (κ3) is 4.49. The minimum atomic E-state index is 0.285. The van der Waals surface area contributed by atoms with Crippen LogP contribution in [0.15, 0.2) is 28.7 Å². The van der Waals surface area contributed by atoms with Gasteiger partial charge < -0.3 is 5.11 Å². The lowest BCUT2D eigenvalue weighted by molar-refractivity contribution is 0.250. The zero-order valence-electron chi connectivity index (χ0n) is 8.24. The molecule has 0 spiro atoms. The standard InChI is InChI=1S/C11H15BrOS/c1-9(6-13)7-14-8-10-2-4-11(12)5-3-10/h2-5,9,13H,6-8H2,1H3. The zero-order chi connectivity index (χ0) is 10.4. The highest BCUT2D eigenvalue weighted by Gasteiger charge is 2.00. The lowest BCUT2D eigenvalue weighted by Crippen LogP contribution is -2.03. The summed E-state index contributed by atoms with van der Waals surface area (Å²) in [4.78, 5) is 0. The van der Waals surface area contributed by atoms with Gasteiger partial charge in [-0.2, -0.15) is 11.8 Å². The summed E-state index contributed by atoms with van der Waals surface area (Å²) in [6.07, 6.45) is 0. The molecule has 78 valence electrons. The Morgan fingerprint density at radius 2 is 2.00 bits per heavy atom. The minimum absolute atomic E-state index is 0.285. The molecule has 0 radical (unpaired) electrons. The van der Waals surface area contributed by atoms with E-state index < -0.39 is 0 Å². The van der Waals surface area contributed by atoms with E-state index in [1.807, 2.05) is 11.8 Å². The molecule has 0 amide bonds. The minimum Gasteiger partial charge on any atom is -0.396 e. The molecule has 1 unspecified atom stereocenters. The van der Waals surface area contributed by atoms with E-state index >= 15 is 0 Å². The van der Waals surface area contributed by atoms with E-state index in [0.717, 1.165) is 16.0 Å². The molecule has 1 rings (SSSR count). The van der Waals surface area contributed by atoms with Crippen molar-refractivity contribution < 1.29 is 5.11 Å². The van der Waals surface area contributed by atoms with Gasteiger partial charge in [-0.25, -0.2) is 0 Å². The fraction of sp³-hybridized carbons (Fsp3) is 0.455. The Kier molecular flexibility index (Phi) is 5.60. The molecule has 0 saturated heterocycles. The van der Waals surface area contributed by atoms with Crippen molar-refractivity contribution in [3.8, 4) is 0 Å². The monoisotopic (exact) mass is 274 g/mol. The van der Waals surface area contributed by atoms with E-state index in [-0.39, 0.29) is 6.61 Å². The van der Waals surface area contributed by atoms with Crippen LogP contribution in [0.4, 0.5) is 0 Å². The van der Waals surface area contributed by atoms with Gasteiger partial charge >= 0.3 is 0 Å². The summed E-state index contributed by atoms with van der Waals surface area (Å²) in [5.74, 6) is 2.44. The Morgan fingerprint density at radius 1 is 1.36 bits per heavy atom. The van der Waals surface area contributed by atoms with Crippen LogP contribution >= 0.6 is 27.7 Å². The summed E-state index contributed by atoms with van der Waals surface area (Å²) in [6.45, 7) is 2.35. The molecule has 0 saturated carbocycles. The Balaban J connectivity index is 2.28. The maximum Gasteiger partial charge on any atom is 0.0464 e. The van der Waals surface area contributed by atoms with Gasteiger partial charge in [-0.1, -0.05) is 35.0 Å². The van der Waals surface area contributed by atoms with Crippen molar-refractivity contribution in [2.75, 3.05) is 12.4 Å². The molecule has 1 nitrogen and oxygen atoms in total. The lowest BCUT2D eigenvalue weighted by Gasteiger charge is -2.06. The molecule has 1 aromatic carbocycles. The maximum atomic E-state index is 8.85. The fourth-order valence-electron chi connectivity index (χ4n) is 1.01. The normalized spacial score (nSPS) is 12.8. The molecule has 0 heterocycles. The van der Waals surface area contributed by atoms with Crippen molar-refractivity contribution in [3.63, 3.8) is 0 Å². The van der Waals surface area contributed by atoms with Gasteiger partial charge in [-0.05, 0) is 29.4 Å². The quantitative estimate of drug-likeness (QED) is 0.889. The van der Waals surface area contributed by atoms with Crippen molar-refractivity contribution in [1.29, 1.82) is 0 Å². The lowest BCUT2D eigenvalue weighted by atomic mass is 10.2. The van der Waals surface area contributed by atoms with Gasteiger partial charge in [0.15, 0.2) is 0 Å². The first kappa shape index (κ1) is 12.1. The maximum absolute atomic E-state index is 8.85. The fourth-order valence-corrected chi connectivity index (χ4v) is 2.33. The smallest absolute Gasteiger partial charge is 0.0464 e. The van der Waals surface area contributed by atoms with E-state index in [1.165, 1.54) is 5.56 Å². The second-order valence-corrected chi connectivity index (χ2v) is 5.38. The number of rotatable bonds is 5. The van der Waals surface area contributed by atoms with Gasteiger partial charge in [0.2, 0.25) is 0 Å². The number of thioether (sulfide) groups is 1. The summed E-state index contributed by atoms with van der Waals surface area (Å²) in [7, 11) is 0. The summed E-state index contributed by atoms with van der Waals surface area (Å²) >= 11 is 5.28. The predicted molar refractivity (Wildman–Crippen MR) is 66.6 cm³/mol. The molecule has 14 heavy (non-hydrogen) atoms. The molecule has 1 N–H and O–H groups in total. The molecule has 0 aromatic heterocycles. The molecule has 1 atom stereocenters. The van der Waals surface area contributed by atoms with Crippen LogP contribution in [0.1, 0.15) is 12.5 Å². The first-order chi connectivity index (χ1) is 6.72. The predicted octanol–water partition coefficient (Wildman–Crippen LogP) is 3.31. The van der Waals surface area contributed by atoms with Crippen LogP contribution in [-0.4, -0.2) is 17.5 Å². The largest absolute Gasteiger partial charge is 0.396 e. The number of halogens is 1. The van der Waals surface area contributed by atoms with E-state index in [4.69, 9.17) is 5.11 Å². The summed E-state index contributed by atoms with van der Waals surface area (Å²) in [5, 5.41) is 8.85.